The van der Waals surface area contributed by atoms with Gasteiger partial charge in [0.25, 0.3) is 10.0 Å². The Balaban J connectivity index is 2.36. The highest BCUT2D eigenvalue weighted by Crippen LogP contribution is 2.33. The third-order valence-corrected chi connectivity index (χ3v) is 6.98. The maximum absolute atomic E-state index is 12.1. The van der Waals surface area contributed by atoms with E-state index >= 15 is 0 Å². The van der Waals surface area contributed by atoms with Gasteiger partial charge in [-0.3, -0.25) is 0 Å². The van der Waals surface area contributed by atoms with Gasteiger partial charge in [-0.2, -0.15) is 4.31 Å². The minimum absolute atomic E-state index is 0.453. The molecule has 0 aliphatic carbocycles. The summed E-state index contributed by atoms with van der Waals surface area (Å²) in [6.07, 6.45) is 1.95. The number of sulfonamides is 1. The molecular formula is C9H12BrNO2S2. The van der Waals surface area contributed by atoms with Crippen molar-refractivity contribution in [2.75, 3.05) is 13.1 Å². The van der Waals surface area contributed by atoms with Gasteiger partial charge in [-0.15, -0.1) is 11.3 Å². The van der Waals surface area contributed by atoms with Crippen LogP contribution < -0.4 is 0 Å². The predicted octanol–water partition coefficient (Wildman–Crippen LogP) is 2.60. The maximum atomic E-state index is 12.1. The van der Waals surface area contributed by atoms with Crippen LogP contribution in [0, 0.1) is 6.92 Å². The monoisotopic (exact) mass is 309 g/mol. The average molecular weight is 310 g/mol. The summed E-state index contributed by atoms with van der Waals surface area (Å²) in [6, 6.07) is 1.74. The Kier molecular flexibility index (Phi) is 3.21. The van der Waals surface area contributed by atoms with E-state index in [2.05, 4.69) is 15.9 Å². The highest BCUT2D eigenvalue weighted by Gasteiger charge is 2.28. The molecule has 0 amide bonds. The molecule has 1 aromatic rings. The van der Waals surface area contributed by atoms with Crippen LogP contribution in [0.15, 0.2) is 14.1 Å². The summed E-state index contributed by atoms with van der Waals surface area (Å²) < 4.78 is 27.2. The highest BCUT2D eigenvalue weighted by atomic mass is 79.9. The number of hydrogen-bond donors (Lipinski definition) is 0. The lowest BCUT2D eigenvalue weighted by atomic mass is 10.4. The van der Waals surface area contributed by atoms with Gasteiger partial charge in [-0.25, -0.2) is 8.42 Å². The van der Waals surface area contributed by atoms with E-state index in [1.807, 2.05) is 6.92 Å². The lowest BCUT2D eigenvalue weighted by Gasteiger charge is -2.13. The van der Waals surface area contributed by atoms with Crippen molar-refractivity contribution in [3.8, 4) is 0 Å². The van der Waals surface area contributed by atoms with E-state index in [9.17, 15) is 8.42 Å². The standard InChI is InChI=1S/C9H12BrNO2S2/c1-7-6-8(14-9(7)10)15(12,13)11-4-2-3-5-11/h6H,2-5H2,1H3. The molecular weight excluding hydrogens is 298 g/mol. The van der Waals surface area contributed by atoms with Crippen molar-refractivity contribution in [1.29, 1.82) is 0 Å². The Labute approximate surface area is 102 Å². The number of hydrogen-bond acceptors (Lipinski definition) is 3. The molecule has 0 unspecified atom stereocenters. The molecule has 0 spiro atoms. The topological polar surface area (TPSA) is 37.4 Å². The molecule has 0 aromatic carbocycles. The smallest absolute Gasteiger partial charge is 0.206 e. The van der Waals surface area contributed by atoms with E-state index in [-0.39, 0.29) is 0 Å². The molecule has 84 valence electrons. The maximum Gasteiger partial charge on any atom is 0.252 e. The number of aryl methyl sites for hydroxylation is 1. The van der Waals surface area contributed by atoms with Crippen LogP contribution in [0.3, 0.4) is 0 Å². The van der Waals surface area contributed by atoms with Crippen molar-refractivity contribution in [1.82, 2.24) is 4.31 Å². The normalized spacial score (nSPS) is 18.5. The number of thiophene rings is 1. The van der Waals surface area contributed by atoms with Crippen LogP contribution in [0.1, 0.15) is 18.4 Å². The van der Waals surface area contributed by atoms with Crippen LogP contribution in [0.25, 0.3) is 0 Å². The fourth-order valence-electron chi connectivity index (χ4n) is 1.61. The second kappa shape index (κ2) is 4.16. The number of rotatable bonds is 2. The molecule has 3 nitrogen and oxygen atoms in total. The first-order chi connectivity index (χ1) is 7.01. The summed E-state index contributed by atoms with van der Waals surface area (Å²) in [4.78, 5) is 0. The second-order valence-electron chi connectivity index (χ2n) is 3.63. The Bertz CT molecular complexity index is 441. The van der Waals surface area contributed by atoms with Crippen molar-refractivity contribution < 1.29 is 8.42 Å². The summed E-state index contributed by atoms with van der Waals surface area (Å²) >= 11 is 4.65. The third kappa shape index (κ3) is 2.13. The van der Waals surface area contributed by atoms with Gasteiger partial charge in [0.2, 0.25) is 0 Å². The molecule has 6 heteroatoms. The lowest BCUT2D eigenvalue weighted by Crippen LogP contribution is -2.27. The fraction of sp³-hybridized carbons (Fsp3) is 0.556. The molecule has 0 N–H and O–H groups in total. The summed E-state index contributed by atoms with van der Waals surface area (Å²) in [5.41, 5.74) is 0.984. The number of halogens is 1. The zero-order valence-electron chi connectivity index (χ0n) is 8.36. The van der Waals surface area contributed by atoms with Crippen LogP contribution >= 0.6 is 27.3 Å². The molecule has 1 aliphatic heterocycles. The average Bonchev–Trinajstić information content (AvgIpc) is 2.77. The first-order valence-electron chi connectivity index (χ1n) is 4.78. The predicted molar refractivity (Wildman–Crippen MR) is 64.7 cm³/mol. The van der Waals surface area contributed by atoms with Crippen LogP contribution in [0.5, 0.6) is 0 Å². The zero-order valence-corrected chi connectivity index (χ0v) is 11.6. The van der Waals surface area contributed by atoms with E-state index in [0.717, 1.165) is 22.2 Å². The van der Waals surface area contributed by atoms with Crippen molar-refractivity contribution in [3.63, 3.8) is 0 Å². The summed E-state index contributed by atoms with van der Waals surface area (Å²) in [7, 11) is -3.22. The molecule has 0 bridgehead atoms. The SMILES string of the molecule is Cc1cc(S(=O)(=O)N2CCCC2)sc1Br. The molecule has 1 fully saturated rings. The molecule has 1 aromatic heterocycles. The van der Waals surface area contributed by atoms with Gasteiger partial charge >= 0.3 is 0 Å². The third-order valence-electron chi connectivity index (χ3n) is 2.49. The largest absolute Gasteiger partial charge is 0.252 e. The van der Waals surface area contributed by atoms with E-state index in [1.165, 1.54) is 11.3 Å². The summed E-state index contributed by atoms with van der Waals surface area (Å²) in [5, 5.41) is 0. The quantitative estimate of drug-likeness (QED) is 0.842. The lowest BCUT2D eigenvalue weighted by molar-refractivity contribution is 0.479. The van der Waals surface area contributed by atoms with Crippen LogP contribution in [-0.2, 0) is 10.0 Å². The molecule has 0 saturated carbocycles. The molecule has 2 rings (SSSR count). The Morgan fingerprint density at radius 3 is 2.47 bits per heavy atom. The molecule has 0 atom stereocenters. The first-order valence-corrected chi connectivity index (χ1v) is 7.83. The highest BCUT2D eigenvalue weighted by molar-refractivity contribution is 9.11. The Morgan fingerprint density at radius 1 is 1.40 bits per heavy atom. The van der Waals surface area contributed by atoms with Gasteiger partial charge in [0.1, 0.15) is 4.21 Å². The van der Waals surface area contributed by atoms with Gasteiger partial charge < -0.3 is 0 Å². The molecule has 15 heavy (non-hydrogen) atoms. The van der Waals surface area contributed by atoms with E-state index in [0.29, 0.717) is 17.3 Å². The van der Waals surface area contributed by atoms with Crippen molar-refractivity contribution in [2.24, 2.45) is 0 Å². The van der Waals surface area contributed by atoms with E-state index in [1.54, 1.807) is 10.4 Å². The minimum Gasteiger partial charge on any atom is -0.206 e. The van der Waals surface area contributed by atoms with E-state index in [4.69, 9.17) is 0 Å². The second-order valence-corrected chi connectivity index (χ2v) is 8.17. The van der Waals surface area contributed by atoms with Gasteiger partial charge in [-0.05, 0) is 47.3 Å². The van der Waals surface area contributed by atoms with Gasteiger partial charge in [0.05, 0.1) is 3.79 Å². The fourth-order valence-corrected chi connectivity index (χ4v) is 5.51. The van der Waals surface area contributed by atoms with Crippen molar-refractivity contribution in [3.05, 3.63) is 15.4 Å². The summed E-state index contributed by atoms with van der Waals surface area (Å²) in [6.45, 7) is 3.23. The van der Waals surface area contributed by atoms with Gasteiger partial charge in [0.15, 0.2) is 0 Å². The molecule has 1 aliphatic rings. The van der Waals surface area contributed by atoms with Crippen LogP contribution in [0.4, 0.5) is 0 Å². The van der Waals surface area contributed by atoms with Gasteiger partial charge in [-0.1, -0.05) is 0 Å². The number of nitrogens with zero attached hydrogens (tertiary/aromatic N) is 1. The van der Waals surface area contributed by atoms with Crippen molar-refractivity contribution >= 4 is 37.3 Å². The van der Waals surface area contributed by atoms with Crippen molar-refractivity contribution in [2.45, 2.75) is 24.0 Å². The minimum atomic E-state index is -3.22. The Morgan fingerprint density at radius 2 is 2.00 bits per heavy atom. The van der Waals surface area contributed by atoms with Gasteiger partial charge in [0, 0.05) is 13.1 Å². The zero-order chi connectivity index (χ0) is 11.1. The molecule has 2 heterocycles. The van der Waals surface area contributed by atoms with Crippen LogP contribution in [-0.4, -0.2) is 25.8 Å². The summed E-state index contributed by atoms with van der Waals surface area (Å²) in [5.74, 6) is 0. The molecule has 1 saturated heterocycles. The van der Waals surface area contributed by atoms with Crippen LogP contribution in [0.2, 0.25) is 0 Å². The first kappa shape index (κ1) is 11.6. The van der Waals surface area contributed by atoms with E-state index < -0.39 is 10.0 Å². The Hall–Kier alpha value is 0.0900. The molecule has 0 radical (unpaired) electrons.